The van der Waals surface area contributed by atoms with Crippen molar-refractivity contribution in [2.45, 2.75) is 99.3 Å². The van der Waals surface area contributed by atoms with Gasteiger partial charge in [-0.1, -0.05) is 267 Å². The fourth-order valence-corrected chi connectivity index (χ4v) is 8.72. The Morgan fingerprint density at radius 3 is 0.915 bits per heavy atom. The largest absolute Gasteiger partial charge is 0.289 e. The maximum atomic E-state index is 12.7. The first kappa shape index (κ1) is 54.4. The molecule has 0 aromatic heterocycles. The van der Waals surface area contributed by atoms with E-state index in [1.54, 1.807) is 0 Å². The number of ketones is 4. The molecule has 4 nitrogen and oxygen atoms in total. The van der Waals surface area contributed by atoms with Crippen LogP contribution in [0.4, 0.5) is 0 Å². The molecule has 8 aromatic carbocycles. The summed E-state index contributed by atoms with van der Waals surface area (Å²) in [5, 5.41) is 0. The molecule has 0 atom stereocenters. The topological polar surface area (TPSA) is 68.3 Å². The zero-order valence-corrected chi connectivity index (χ0v) is 42.6. The summed E-state index contributed by atoms with van der Waals surface area (Å²) in [7, 11) is 0. The Hall–Kier alpha value is -7.56. The molecule has 0 spiro atoms. The number of hydrogen-bond acceptors (Lipinski definition) is 4. The van der Waals surface area contributed by atoms with E-state index in [1.165, 1.54) is 27.8 Å². The average Bonchev–Trinajstić information content (AvgIpc) is 3.43. The highest BCUT2D eigenvalue weighted by Crippen LogP contribution is 2.24. The van der Waals surface area contributed by atoms with Gasteiger partial charge < -0.3 is 0 Å². The molecule has 0 radical (unpaired) electrons. The van der Waals surface area contributed by atoms with Crippen molar-refractivity contribution in [3.8, 4) is 0 Å². The number of aryl methyl sites for hydroxylation is 3. The maximum Gasteiger partial charge on any atom is 0.193 e. The van der Waals surface area contributed by atoms with Gasteiger partial charge in [-0.25, -0.2) is 0 Å². The van der Waals surface area contributed by atoms with Gasteiger partial charge in [0.05, 0.1) is 0 Å². The van der Waals surface area contributed by atoms with Crippen LogP contribution < -0.4 is 0 Å². The standard InChI is InChI=1S/C19H22O.C18H20O.C17H18O.C13H10O/c1-3-9-15-13-8-14-18(17(15)10-4-2)19(20)16-11-6-5-7-12-16;1-3-9-14-12-8-13-17(16(14)4-2)18(19)15-10-6-5-7-11-15;1-3-8-14-11-7-12-16(13(14)2)17(18)15-9-5-4-6-10-15;14-13(11-7-3-1-4-8-11)12-9-5-2-6-10-12/h5-8,11-14H,3-4,9-10H2,1-2H3;5-8,10-13H,3-4,9H2,1-2H3;4-7,9-12H,3,8H2,1-2H3;1-10H. The lowest BCUT2D eigenvalue weighted by molar-refractivity contribution is 0.103. The van der Waals surface area contributed by atoms with Gasteiger partial charge in [0.2, 0.25) is 0 Å². The van der Waals surface area contributed by atoms with Crippen LogP contribution in [-0.4, -0.2) is 23.1 Å². The first-order valence-electron chi connectivity index (χ1n) is 25.4. The van der Waals surface area contributed by atoms with Crippen LogP contribution in [0, 0.1) is 6.92 Å². The molecule has 0 fully saturated rings. The van der Waals surface area contributed by atoms with E-state index < -0.39 is 0 Å². The van der Waals surface area contributed by atoms with Gasteiger partial charge >= 0.3 is 0 Å². The second-order valence-electron chi connectivity index (χ2n) is 17.5. The van der Waals surface area contributed by atoms with E-state index >= 15 is 0 Å². The van der Waals surface area contributed by atoms with Crippen LogP contribution in [0.15, 0.2) is 206 Å². The lowest BCUT2D eigenvalue weighted by Crippen LogP contribution is -2.08. The highest BCUT2D eigenvalue weighted by atomic mass is 16.1. The third-order valence-corrected chi connectivity index (χ3v) is 12.3. The Balaban J connectivity index is 0.000000177. The maximum absolute atomic E-state index is 12.7. The molecule has 8 aromatic rings. The zero-order chi connectivity index (χ0) is 50.8. The summed E-state index contributed by atoms with van der Waals surface area (Å²) in [5.41, 5.74) is 13.8. The van der Waals surface area contributed by atoms with Crippen LogP contribution in [0.2, 0.25) is 0 Å². The van der Waals surface area contributed by atoms with E-state index in [2.05, 4.69) is 52.8 Å². The molecule has 71 heavy (non-hydrogen) atoms. The molecule has 0 unspecified atom stereocenters. The molecule has 0 heterocycles. The second-order valence-corrected chi connectivity index (χ2v) is 17.5. The fourth-order valence-electron chi connectivity index (χ4n) is 8.72. The van der Waals surface area contributed by atoms with Gasteiger partial charge in [0, 0.05) is 44.5 Å². The molecule has 8 rings (SSSR count). The van der Waals surface area contributed by atoms with Gasteiger partial charge in [-0.3, -0.25) is 19.2 Å². The molecule has 0 N–H and O–H groups in total. The van der Waals surface area contributed by atoms with E-state index in [-0.39, 0.29) is 23.1 Å². The van der Waals surface area contributed by atoms with E-state index in [1.807, 2.05) is 195 Å². The highest BCUT2D eigenvalue weighted by molar-refractivity contribution is 6.11. The van der Waals surface area contributed by atoms with Crippen LogP contribution >= 0.6 is 0 Å². The molecule has 0 aliphatic rings. The van der Waals surface area contributed by atoms with Crippen molar-refractivity contribution in [2.75, 3.05) is 0 Å². The second kappa shape index (κ2) is 29.5. The third kappa shape index (κ3) is 15.7. The van der Waals surface area contributed by atoms with E-state index in [0.717, 1.165) is 108 Å². The monoisotopic (exact) mass is 939 g/mol. The molecule has 4 heteroatoms. The Morgan fingerprint density at radius 1 is 0.282 bits per heavy atom. The van der Waals surface area contributed by atoms with Crippen LogP contribution in [0.5, 0.6) is 0 Å². The lowest BCUT2D eigenvalue weighted by Gasteiger charge is -2.13. The molecule has 0 aliphatic carbocycles. The normalized spacial score (nSPS) is 10.3. The quantitative estimate of drug-likeness (QED) is 0.0853. The van der Waals surface area contributed by atoms with E-state index in [0.29, 0.717) is 0 Å². The van der Waals surface area contributed by atoms with Gasteiger partial charge in [0.1, 0.15) is 0 Å². The Morgan fingerprint density at radius 2 is 0.563 bits per heavy atom. The number of hydrogen-bond donors (Lipinski definition) is 0. The SMILES string of the molecule is CCCc1cccc(C(=O)c2ccccc2)c1C.CCCc1cccc(C(=O)c2ccccc2)c1CC.CCCc1cccc(C(=O)c2ccccc2)c1CCC.O=C(c1ccccc1)c1ccccc1. The van der Waals surface area contributed by atoms with Gasteiger partial charge in [0.25, 0.3) is 0 Å². The highest BCUT2D eigenvalue weighted by Gasteiger charge is 2.17. The van der Waals surface area contributed by atoms with E-state index in [4.69, 9.17) is 0 Å². The van der Waals surface area contributed by atoms with Gasteiger partial charge in [-0.2, -0.15) is 0 Å². The minimum atomic E-state index is 0.0752. The fraction of sp³-hybridized carbons (Fsp3) is 0.224. The predicted octanol–water partition coefficient (Wildman–Crippen LogP) is 16.4. The molecule has 362 valence electrons. The van der Waals surface area contributed by atoms with Crippen LogP contribution in [0.25, 0.3) is 0 Å². The Bertz CT molecular complexity index is 2840. The van der Waals surface area contributed by atoms with Crippen molar-refractivity contribution in [3.63, 3.8) is 0 Å². The minimum Gasteiger partial charge on any atom is -0.289 e. The summed E-state index contributed by atoms with van der Waals surface area (Å²) in [6.07, 6.45) is 9.38. The van der Waals surface area contributed by atoms with Crippen LogP contribution in [0.3, 0.4) is 0 Å². The number of carbonyl (C=O) groups excluding carboxylic acids is 4. The van der Waals surface area contributed by atoms with Gasteiger partial charge in [-0.05, 0) is 72.4 Å². The molecular formula is C67H70O4. The summed E-state index contributed by atoms with van der Waals surface area (Å²) in [5.74, 6) is 0.472. The van der Waals surface area contributed by atoms with Gasteiger partial charge in [0.15, 0.2) is 23.1 Å². The van der Waals surface area contributed by atoms with Crippen molar-refractivity contribution >= 4 is 23.1 Å². The molecular weight excluding hydrogens is 869 g/mol. The van der Waals surface area contributed by atoms with Crippen molar-refractivity contribution in [2.24, 2.45) is 0 Å². The molecule has 0 amide bonds. The Labute approximate surface area is 423 Å². The Kier molecular flexibility index (Phi) is 22.6. The summed E-state index contributed by atoms with van der Waals surface area (Å²) in [6, 6.07) is 65.4. The molecule has 0 saturated heterocycles. The van der Waals surface area contributed by atoms with Gasteiger partial charge in [-0.15, -0.1) is 0 Å². The van der Waals surface area contributed by atoms with Crippen molar-refractivity contribution in [1.82, 2.24) is 0 Å². The predicted molar refractivity (Wildman–Crippen MR) is 295 cm³/mol. The van der Waals surface area contributed by atoms with Crippen molar-refractivity contribution in [1.29, 1.82) is 0 Å². The van der Waals surface area contributed by atoms with Crippen molar-refractivity contribution in [3.05, 3.63) is 284 Å². The van der Waals surface area contributed by atoms with Crippen LogP contribution in [-0.2, 0) is 32.1 Å². The molecule has 0 saturated carbocycles. The average molecular weight is 939 g/mol. The minimum absolute atomic E-state index is 0.0752. The summed E-state index contributed by atoms with van der Waals surface area (Å²) in [4.78, 5) is 49.6. The number of carbonyl (C=O) groups is 4. The van der Waals surface area contributed by atoms with Crippen LogP contribution in [0.1, 0.15) is 157 Å². The summed E-state index contributed by atoms with van der Waals surface area (Å²) < 4.78 is 0. The first-order chi connectivity index (χ1) is 34.7. The summed E-state index contributed by atoms with van der Waals surface area (Å²) >= 11 is 0. The van der Waals surface area contributed by atoms with Crippen molar-refractivity contribution < 1.29 is 19.2 Å². The zero-order valence-electron chi connectivity index (χ0n) is 42.6. The number of rotatable bonds is 17. The smallest absolute Gasteiger partial charge is 0.193 e. The summed E-state index contributed by atoms with van der Waals surface area (Å²) in [6.45, 7) is 12.8. The first-order valence-corrected chi connectivity index (χ1v) is 25.4. The molecule has 0 aliphatic heterocycles. The molecule has 0 bridgehead atoms. The number of benzene rings is 8. The third-order valence-electron chi connectivity index (χ3n) is 12.3. The lowest BCUT2D eigenvalue weighted by atomic mass is 9.90. The van der Waals surface area contributed by atoms with E-state index in [9.17, 15) is 19.2 Å².